The van der Waals surface area contributed by atoms with Crippen molar-refractivity contribution in [3.63, 3.8) is 0 Å². The molecule has 16 heavy (non-hydrogen) atoms. The molecule has 1 aliphatic rings. The molecule has 0 radical (unpaired) electrons. The number of halogens is 1. The monoisotopic (exact) mass is 260 g/mol. The van der Waals surface area contributed by atoms with Crippen LogP contribution in [0.15, 0.2) is 0 Å². The lowest BCUT2D eigenvalue weighted by atomic mass is 9.97. The highest BCUT2D eigenvalue weighted by Gasteiger charge is 2.26. The van der Waals surface area contributed by atoms with Crippen molar-refractivity contribution in [2.45, 2.75) is 44.8 Å². The summed E-state index contributed by atoms with van der Waals surface area (Å²) in [5, 5.41) is 8.87. The minimum Gasteiger partial charge on any atom is -0.327 e. The molecular formula is C10H17ClN4S. The van der Waals surface area contributed by atoms with Gasteiger partial charge in [-0.25, -0.2) is 0 Å². The lowest BCUT2D eigenvalue weighted by molar-refractivity contribution is 0.122. The van der Waals surface area contributed by atoms with Crippen LogP contribution in [0, 0.1) is 0 Å². The van der Waals surface area contributed by atoms with Gasteiger partial charge in [0.1, 0.15) is 5.01 Å². The summed E-state index contributed by atoms with van der Waals surface area (Å²) >= 11 is 7.23. The Labute approximate surface area is 105 Å². The average molecular weight is 261 g/mol. The van der Waals surface area contributed by atoms with Crippen LogP contribution in [0.3, 0.4) is 0 Å². The molecule has 90 valence electrons. The summed E-state index contributed by atoms with van der Waals surface area (Å²) < 4.78 is 0.518. The average Bonchev–Trinajstić information content (AvgIpc) is 2.64. The van der Waals surface area contributed by atoms with Crippen molar-refractivity contribution in [3.8, 4) is 0 Å². The highest BCUT2D eigenvalue weighted by molar-refractivity contribution is 7.15. The summed E-state index contributed by atoms with van der Waals surface area (Å²) in [5.74, 6) is 0. The summed E-state index contributed by atoms with van der Waals surface area (Å²) in [6.45, 7) is 4.01. The smallest absolute Gasteiger partial charge is 0.207 e. The van der Waals surface area contributed by atoms with Gasteiger partial charge in [0, 0.05) is 12.1 Å². The molecule has 1 saturated heterocycles. The van der Waals surface area contributed by atoms with E-state index in [2.05, 4.69) is 22.0 Å². The number of likely N-dealkylation sites (tertiary alicyclic amines) is 1. The Bertz CT molecular complexity index is 341. The van der Waals surface area contributed by atoms with Gasteiger partial charge in [-0.15, -0.1) is 10.2 Å². The first-order valence-corrected chi connectivity index (χ1v) is 6.84. The number of nitrogens with zero attached hydrogens (tertiary/aromatic N) is 3. The third-order valence-electron chi connectivity index (χ3n) is 3.05. The molecule has 2 unspecified atom stereocenters. The van der Waals surface area contributed by atoms with Gasteiger partial charge in [-0.1, -0.05) is 17.8 Å². The van der Waals surface area contributed by atoms with E-state index in [4.69, 9.17) is 17.3 Å². The molecule has 0 bridgehead atoms. The second-order valence-corrected chi connectivity index (χ2v) is 5.99. The van der Waals surface area contributed by atoms with E-state index in [1.807, 2.05) is 0 Å². The Balaban J connectivity index is 2.01. The van der Waals surface area contributed by atoms with E-state index in [0.717, 1.165) is 18.1 Å². The second kappa shape index (κ2) is 5.40. The fourth-order valence-electron chi connectivity index (χ4n) is 2.28. The summed E-state index contributed by atoms with van der Waals surface area (Å²) in [7, 11) is 0. The molecular weight excluding hydrogens is 244 g/mol. The minimum atomic E-state index is 0.212. The minimum absolute atomic E-state index is 0.212. The number of aromatic nitrogens is 2. The predicted octanol–water partition coefficient (Wildman–Crippen LogP) is 1.89. The Hall–Kier alpha value is -0.230. The van der Waals surface area contributed by atoms with Gasteiger partial charge in [-0.05, 0) is 37.9 Å². The maximum Gasteiger partial charge on any atom is 0.207 e. The first-order chi connectivity index (χ1) is 7.66. The van der Waals surface area contributed by atoms with Crippen molar-refractivity contribution in [1.29, 1.82) is 0 Å². The summed E-state index contributed by atoms with van der Waals surface area (Å²) in [5.41, 5.74) is 6.02. The summed E-state index contributed by atoms with van der Waals surface area (Å²) in [4.78, 5) is 2.41. The fourth-order valence-corrected chi connectivity index (χ4v) is 3.17. The molecule has 0 aromatic carbocycles. The van der Waals surface area contributed by atoms with Gasteiger partial charge in [0.25, 0.3) is 0 Å². The maximum absolute atomic E-state index is 6.02. The van der Waals surface area contributed by atoms with E-state index in [0.29, 0.717) is 10.5 Å². The number of nitrogens with two attached hydrogens (primary N) is 1. The van der Waals surface area contributed by atoms with E-state index in [1.165, 1.54) is 30.6 Å². The Morgan fingerprint density at radius 2 is 2.38 bits per heavy atom. The molecule has 0 spiro atoms. The first-order valence-electron chi connectivity index (χ1n) is 5.64. The van der Waals surface area contributed by atoms with Crippen LogP contribution in [0.4, 0.5) is 0 Å². The normalized spacial score (nSPS) is 24.6. The molecule has 6 heteroatoms. The number of piperidine rings is 1. The van der Waals surface area contributed by atoms with E-state index in [9.17, 15) is 0 Å². The van der Waals surface area contributed by atoms with Crippen molar-refractivity contribution in [1.82, 2.24) is 15.1 Å². The Morgan fingerprint density at radius 3 is 3.00 bits per heavy atom. The molecule has 1 aromatic rings. The van der Waals surface area contributed by atoms with Gasteiger partial charge in [-0.3, -0.25) is 4.90 Å². The van der Waals surface area contributed by atoms with Crippen molar-refractivity contribution in [2.75, 3.05) is 6.54 Å². The molecule has 0 saturated carbocycles. The zero-order valence-corrected chi connectivity index (χ0v) is 11.0. The highest BCUT2D eigenvalue weighted by atomic mass is 35.5. The molecule has 1 fully saturated rings. The zero-order valence-electron chi connectivity index (χ0n) is 9.40. The first kappa shape index (κ1) is 12.2. The van der Waals surface area contributed by atoms with Crippen LogP contribution in [0.2, 0.25) is 4.47 Å². The van der Waals surface area contributed by atoms with E-state index in [-0.39, 0.29) is 6.04 Å². The van der Waals surface area contributed by atoms with Gasteiger partial charge in [0.05, 0.1) is 6.54 Å². The van der Waals surface area contributed by atoms with Crippen LogP contribution in [0.25, 0.3) is 0 Å². The maximum atomic E-state index is 6.02. The van der Waals surface area contributed by atoms with E-state index < -0.39 is 0 Å². The van der Waals surface area contributed by atoms with E-state index in [1.54, 1.807) is 0 Å². The quantitative estimate of drug-likeness (QED) is 0.902. The van der Waals surface area contributed by atoms with Gasteiger partial charge >= 0.3 is 0 Å². The van der Waals surface area contributed by atoms with Crippen molar-refractivity contribution in [2.24, 2.45) is 5.73 Å². The van der Waals surface area contributed by atoms with Crippen LogP contribution in [0.5, 0.6) is 0 Å². The van der Waals surface area contributed by atoms with E-state index >= 15 is 0 Å². The standard InChI is InChI=1S/C10H17ClN4S/c1-7(12)8-4-2-3-5-15(8)6-9-13-14-10(11)16-9/h7-8H,2-6,12H2,1H3. The largest absolute Gasteiger partial charge is 0.327 e. The number of rotatable bonds is 3. The third-order valence-corrected chi connectivity index (χ3v) is 4.06. The lowest BCUT2D eigenvalue weighted by Crippen LogP contribution is -2.48. The van der Waals surface area contributed by atoms with Crippen LogP contribution in [-0.2, 0) is 6.54 Å². The fraction of sp³-hybridized carbons (Fsp3) is 0.800. The lowest BCUT2D eigenvalue weighted by Gasteiger charge is -2.37. The third kappa shape index (κ3) is 2.91. The Morgan fingerprint density at radius 1 is 1.56 bits per heavy atom. The Kier molecular flexibility index (Phi) is 4.13. The molecule has 2 atom stereocenters. The zero-order chi connectivity index (χ0) is 11.5. The van der Waals surface area contributed by atoms with Crippen molar-refractivity contribution < 1.29 is 0 Å². The molecule has 0 amide bonds. The van der Waals surface area contributed by atoms with Gasteiger partial charge < -0.3 is 5.73 Å². The molecule has 1 aromatic heterocycles. The van der Waals surface area contributed by atoms with Gasteiger partial charge in [-0.2, -0.15) is 0 Å². The summed E-state index contributed by atoms with van der Waals surface area (Å²) in [6.07, 6.45) is 3.71. The van der Waals surface area contributed by atoms with Crippen LogP contribution in [0.1, 0.15) is 31.2 Å². The predicted molar refractivity (Wildman–Crippen MR) is 66.6 cm³/mol. The van der Waals surface area contributed by atoms with Crippen LogP contribution >= 0.6 is 22.9 Å². The van der Waals surface area contributed by atoms with Gasteiger partial charge in [0.2, 0.25) is 4.47 Å². The SMILES string of the molecule is CC(N)C1CCCCN1Cc1nnc(Cl)s1. The van der Waals surface area contributed by atoms with Crippen molar-refractivity contribution >= 4 is 22.9 Å². The molecule has 0 aliphatic carbocycles. The molecule has 2 N–H and O–H groups in total. The second-order valence-electron chi connectivity index (χ2n) is 4.34. The van der Waals surface area contributed by atoms with Crippen molar-refractivity contribution in [3.05, 3.63) is 9.47 Å². The molecule has 1 aliphatic heterocycles. The van der Waals surface area contributed by atoms with Gasteiger partial charge in [0.15, 0.2) is 0 Å². The topological polar surface area (TPSA) is 55.0 Å². The van der Waals surface area contributed by atoms with Crippen LogP contribution < -0.4 is 5.73 Å². The highest BCUT2D eigenvalue weighted by Crippen LogP contribution is 2.23. The molecule has 4 nitrogen and oxygen atoms in total. The van der Waals surface area contributed by atoms with Crippen LogP contribution in [-0.4, -0.2) is 33.7 Å². The number of hydrogen-bond donors (Lipinski definition) is 1. The molecule has 2 heterocycles. The number of hydrogen-bond acceptors (Lipinski definition) is 5. The summed E-state index contributed by atoms with van der Waals surface area (Å²) in [6, 6.07) is 0.681. The molecule has 2 rings (SSSR count).